The third kappa shape index (κ3) is 5.00. The average Bonchev–Trinajstić information content (AvgIpc) is 3.69. The van der Waals surface area contributed by atoms with Gasteiger partial charge in [0.1, 0.15) is 29.3 Å². The molecule has 0 bridgehead atoms. The van der Waals surface area contributed by atoms with Crippen molar-refractivity contribution in [2.45, 2.75) is 18.9 Å². The number of likely N-dealkylation sites (N-methyl/N-ethyl adjacent to an activating group) is 2. The van der Waals surface area contributed by atoms with Gasteiger partial charge in [0.05, 0.1) is 12.5 Å². The number of ether oxygens (including phenoxy) is 1. The second kappa shape index (κ2) is 10.2. The van der Waals surface area contributed by atoms with Crippen molar-refractivity contribution < 1.29 is 9.53 Å². The van der Waals surface area contributed by atoms with E-state index < -0.39 is 0 Å². The number of methoxy groups -OCH3 is 1. The van der Waals surface area contributed by atoms with E-state index in [9.17, 15) is 4.79 Å². The minimum Gasteiger partial charge on any atom is -0.494 e. The summed E-state index contributed by atoms with van der Waals surface area (Å²) >= 11 is 6.09. The molecule has 0 unspecified atom stereocenters. The summed E-state index contributed by atoms with van der Waals surface area (Å²) in [6, 6.07) is 13.4. The van der Waals surface area contributed by atoms with E-state index in [0.717, 1.165) is 12.1 Å². The highest BCUT2D eigenvalue weighted by atomic mass is 35.5. The normalized spacial score (nSPS) is 13.5. The molecule has 2 heterocycles. The van der Waals surface area contributed by atoms with Crippen molar-refractivity contribution in [3.05, 3.63) is 66.0 Å². The van der Waals surface area contributed by atoms with Crippen LogP contribution in [0.25, 0.3) is 28.0 Å². The molecule has 9 nitrogen and oxygen atoms in total. The molecule has 2 aromatic carbocycles. The van der Waals surface area contributed by atoms with E-state index in [4.69, 9.17) is 27.2 Å². The van der Waals surface area contributed by atoms with Crippen LogP contribution in [0.3, 0.4) is 0 Å². The van der Waals surface area contributed by atoms with Crippen LogP contribution in [-0.2, 0) is 4.79 Å². The molecule has 1 fully saturated rings. The van der Waals surface area contributed by atoms with E-state index in [1.54, 1.807) is 48.0 Å². The molecule has 0 saturated heterocycles. The largest absolute Gasteiger partial charge is 0.494 e. The number of nitrogen functional groups attached to an aromatic ring is 1. The number of carbonyl (C=O) groups is 1. The number of hydrogen-bond donors (Lipinski definition) is 1. The van der Waals surface area contributed by atoms with Crippen molar-refractivity contribution in [2.75, 3.05) is 38.4 Å². The Kier molecular flexibility index (Phi) is 6.82. The molecule has 1 aliphatic carbocycles. The van der Waals surface area contributed by atoms with E-state index in [2.05, 4.69) is 21.9 Å². The van der Waals surface area contributed by atoms with Crippen molar-refractivity contribution in [1.29, 1.82) is 0 Å². The highest BCUT2D eigenvalue weighted by molar-refractivity contribution is 6.30. The van der Waals surface area contributed by atoms with Gasteiger partial charge in [-0.25, -0.2) is 14.6 Å². The summed E-state index contributed by atoms with van der Waals surface area (Å²) in [6.07, 6.45) is 7.37. The zero-order chi connectivity index (χ0) is 26.1. The molecule has 5 rings (SSSR count). The molecular formula is C27H28ClN7O2. The molecule has 0 atom stereocenters. The predicted octanol–water partition coefficient (Wildman–Crippen LogP) is 4.34. The molecule has 0 spiro atoms. The molecule has 2 aromatic heterocycles. The Bertz CT molecular complexity index is 1480. The van der Waals surface area contributed by atoms with Crippen LogP contribution >= 0.6 is 11.6 Å². The number of anilines is 2. The lowest BCUT2D eigenvalue weighted by molar-refractivity contribution is -0.113. The number of benzene rings is 2. The van der Waals surface area contributed by atoms with Gasteiger partial charge >= 0.3 is 0 Å². The van der Waals surface area contributed by atoms with Gasteiger partial charge in [-0.3, -0.25) is 9.69 Å². The van der Waals surface area contributed by atoms with Crippen molar-refractivity contribution in [2.24, 2.45) is 0 Å². The quantitative estimate of drug-likeness (QED) is 0.347. The van der Waals surface area contributed by atoms with Crippen molar-refractivity contribution in [3.63, 3.8) is 0 Å². The minimum atomic E-state index is -0.126. The number of rotatable bonds is 8. The lowest BCUT2D eigenvalue weighted by atomic mass is 10.1. The van der Waals surface area contributed by atoms with Crippen LogP contribution in [0.15, 0.2) is 60.9 Å². The van der Waals surface area contributed by atoms with Crippen LogP contribution in [0.4, 0.5) is 11.5 Å². The summed E-state index contributed by atoms with van der Waals surface area (Å²) in [5.41, 5.74) is 9.51. The van der Waals surface area contributed by atoms with E-state index in [1.165, 1.54) is 19.2 Å². The number of hydrogen-bond acceptors (Lipinski definition) is 7. The van der Waals surface area contributed by atoms with Gasteiger partial charge in [-0.05, 0) is 50.2 Å². The maximum atomic E-state index is 12.9. The third-order valence-corrected chi connectivity index (χ3v) is 6.80. The first-order chi connectivity index (χ1) is 17.9. The second-order valence-electron chi connectivity index (χ2n) is 9.05. The van der Waals surface area contributed by atoms with E-state index in [1.807, 2.05) is 30.3 Å². The summed E-state index contributed by atoms with van der Waals surface area (Å²) in [4.78, 5) is 25.4. The fourth-order valence-corrected chi connectivity index (χ4v) is 4.35. The lowest BCUT2D eigenvalue weighted by Crippen LogP contribution is -2.25. The van der Waals surface area contributed by atoms with Gasteiger partial charge in [0, 0.05) is 42.0 Å². The second-order valence-corrected chi connectivity index (χ2v) is 9.49. The van der Waals surface area contributed by atoms with Crippen LogP contribution < -0.4 is 15.4 Å². The molecule has 4 aromatic rings. The number of nitrogens with zero attached hydrogens (tertiary/aromatic N) is 6. The summed E-state index contributed by atoms with van der Waals surface area (Å²) in [6.45, 7) is 0.742. The average molecular weight is 518 g/mol. The summed E-state index contributed by atoms with van der Waals surface area (Å²) in [5.74, 6) is 0.749. The molecule has 2 N–H and O–H groups in total. The lowest BCUT2D eigenvalue weighted by Gasteiger charge is -2.18. The molecule has 1 aliphatic rings. The molecule has 1 saturated carbocycles. The molecule has 1 amide bonds. The van der Waals surface area contributed by atoms with Gasteiger partial charge < -0.3 is 15.4 Å². The molecular weight excluding hydrogens is 490 g/mol. The monoisotopic (exact) mass is 517 g/mol. The van der Waals surface area contributed by atoms with Crippen LogP contribution in [0.2, 0.25) is 5.02 Å². The van der Waals surface area contributed by atoms with Gasteiger partial charge in [-0.2, -0.15) is 5.10 Å². The zero-order valence-corrected chi connectivity index (χ0v) is 21.7. The van der Waals surface area contributed by atoms with Gasteiger partial charge in [-0.1, -0.05) is 29.8 Å². The van der Waals surface area contributed by atoms with Gasteiger partial charge in [0.2, 0.25) is 5.91 Å². The predicted molar refractivity (Wildman–Crippen MR) is 146 cm³/mol. The van der Waals surface area contributed by atoms with Crippen molar-refractivity contribution >= 4 is 40.0 Å². The maximum Gasteiger partial charge on any atom is 0.250 e. The van der Waals surface area contributed by atoms with Gasteiger partial charge in [0.25, 0.3) is 0 Å². The Balaban J connectivity index is 1.53. The summed E-state index contributed by atoms with van der Waals surface area (Å²) in [5, 5.41) is 6.09. The number of carbonyl (C=O) groups excluding carboxylic acids is 1. The van der Waals surface area contributed by atoms with Crippen molar-refractivity contribution in [3.8, 4) is 22.7 Å². The Labute approximate surface area is 220 Å². The SMILES string of the molecule is COc1ccc(N(C)C(=O)C=CCN(C)C2CC2)cc1-n1nc(-c2ccc(Cl)cc2)c2c(N)ncnc21. The Morgan fingerprint density at radius 3 is 2.65 bits per heavy atom. The molecule has 190 valence electrons. The Morgan fingerprint density at radius 2 is 1.95 bits per heavy atom. The van der Waals surface area contributed by atoms with E-state index >= 15 is 0 Å². The van der Waals surface area contributed by atoms with Crippen LogP contribution in [-0.4, -0.2) is 64.3 Å². The fraction of sp³-hybridized carbons (Fsp3) is 0.259. The Hall–Kier alpha value is -3.95. The number of fused-ring (bicyclic) bond motifs is 1. The summed E-state index contributed by atoms with van der Waals surface area (Å²) in [7, 11) is 5.40. The van der Waals surface area contributed by atoms with Gasteiger partial charge in [0.15, 0.2) is 5.65 Å². The number of aromatic nitrogens is 4. The van der Waals surface area contributed by atoms with Crippen LogP contribution in [0.5, 0.6) is 5.75 Å². The first kappa shape index (κ1) is 24.7. The van der Waals surface area contributed by atoms with Crippen molar-refractivity contribution in [1.82, 2.24) is 24.6 Å². The topological polar surface area (TPSA) is 102 Å². The number of amides is 1. The molecule has 10 heteroatoms. The standard InChI is InChI=1S/C27H28ClN7O2/c1-33(19-10-11-19)14-4-5-23(36)34(2)20-12-13-22(37-3)21(15-20)35-27-24(26(29)30-16-31-27)25(32-35)17-6-8-18(28)9-7-17/h4-9,12-13,15-16,19H,10-11,14H2,1-3H3,(H2,29,30,31). The highest BCUT2D eigenvalue weighted by Crippen LogP contribution is 2.35. The first-order valence-electron chi connectivity index (χ1n) is 12.0. The molecule has 0 radical (unpaired) electrons. The maximum absolute atomic E-state index is 12.9. The van der Waals surface area contributed by atoms with E-state index in [0.29, 0.717) is 50.7 Å². The number of halogens is 1. The smallest absolute Gasteiger partial charge is 0.250 e. The minimum absolute atomic E-state index is 0.126. The fourth-order valence-electron chi connectivity index (χ4n) is 4.23. The molecule has 0 aliphatic heterocycles. The van der Waals surface area contributed by atoms with Gasteiger partial charge in [-0.15, -0.1) is 0 Å². The first-order valence-corrected chi connectivity index (χ1v) is 12.3. The van der Waals surface area contributed by atoms with Crippen LogP contribution in [0.1, 0.15) is 12.8 Å². The zero-order valence-electron chi connectivity index (χ0n) is 20.9. The summed E-state index contributed by atoms with van der Waals surface area (Å²) < 4.78 is 7.31. The highest BCUT2D eigenvalue weighted by Gasteiger charge is 2.25. The number of nitrogens with two attached hydrogens (primary N) is 1. The van der Waals surface area contributed by atoms with Crippen LogP contribution in [0, 0.1) is 0 Å². The van der Waals surface area contributed by atoms with E-state index in [-0.39, 0.29) is 5.91 Å². The molecule has 37 heavy (non-hydrogen) atoms. The Morgan fingerprint density at radius 1 is 1.19 bits per heavy atom. The third-order valence-electron chi connectivity index (χ3n) is 6.54.